The second-order valence-electron chi connectivity index (χ2n) is 13.4. The minimum Gasteiger partial charge on any atom is -0.492 e. The summed E-state index contributed by atoms with van der Waals surface area (Å²) in [5.41, 5.74) is -0.792. The first kappa shape index (κ1) is 38.4. The van der Waals surface area contributed by atoms with Crippen LogP contribution in [0.5, 0.6) is 23.0 Å². The fourth-order valence-corrected chi connectivity index (χ4v) is 7.83. The van der Waals surface area contributed by atoms with Gasteiger partial charge in [-0.3, -0.25) is 19.2 Å². The molecule has 4 heterocycles. The fraction of sp³-hybridized carbons (Fsp3) is 0.421. The molecule has 1 saturated heterocycles. The molecule has 54 heavy (non-hydrogen) atoms. The molecular weight excluding hydrogens is 719 g/mol. The first-order valence-electron chi connectivity index (χ1n) is 18.0. The molecule has 4 aliphatic heterocycles. The summed E-state index contributed by atoms with van der Waals surface area (Å²) in [5.74, 6) is -0.649. The number of hydrogen-bond donors (Lipinski definition) is 4. The molecule has 4 aliphatic rings. The van der Waals surface area contributed by atoms with Gasteiger partial charge in [0, 0.05) is 44.8 Å². The molecular formula is C38H45N5O10S. The standard InChI is InChI=1S/C38H45N5O10S/c1-25-34(44)39-17-22-50-28-9-11-29(12-10-28)53-38(37(47)41-26(2)35(45)42-31(36(46)40-25)23-27-7-4-3-5-8-27)15-18-43(19-16-38)54(48,49)30-13-14-32-33(24-30)52-21-6-20-51-32/h3-5,7-14,24-26,31H,6,15-23H2,1-2H3,(H,39,44)(H,40,46)(H,41,47)(H,42,45)/t25-,26-,31-/m0/s1. The Morgan fingerprint density at radius 1 is 0.722 bits per heavy atom. The number of carbonyl (C=O) groups excluding carboxylic acids is 4. The highest BCUT2D eigenvalue weighted by Gasteiger charge is 2.47. The molecule has 4 amide bonds. The van der Waals surface area contributed by atoms with Crippen molar-refractivity contribution in [3.63, 3.8) is 0 Å². The summed E-state index contributed by atoms with van der Waals surface area (Å²) in [7, 11) is -4.00. The lowest BCUT2D eigenvalue weighted by atomic mass is 9.90. The van der Waals surface area contributed by atoms with Gasteiger partial charge < -0.3 is 40.2 Å². The molecule has 288 valence electrons. The average molecular weight is 764 g/mol. The number of sulfonamides is 1. The van der Waals surface area contributed by atoms with Crippen molar-refractivity contribution >= 4 is 33.7 Å². The van der Waals surface area contributed by atoms with Crippen LogP contribution in [0.25, 0.3) is 0 Å². The van der Waals surface area contributed by atoms with Crippen molar-refractivity contribution in [2.24, 2.45) is 0 Å². The normalized spacial score (nSPS) is 23.0. The van der Waals surface area contributed by atoms with E-state index in [9.17, 15) is 27.6 Å². The number of piperidine rings is 1. The first-order chi connectivity index (χ1) is 25.9. The van der Waals surface area contributed by atoms with Gasteiger partial charge in [0.1, 0.15) is 36.2 Å². The minimum atomic E-state index is -4.00. The molecule has 0 radical (unpaired) electrons. The number of hydrogen-bond acceptors (Lipinski definition) is 10. The molecule has 0 aromatic heterocycles. The smallest absolute Gasteiger partial charge is 0.264 e. The molecule has 7 rings (SSSR count). The molecule has 3 aromatic carbocycles. The van der Waals surface area contributed by atoms with E-state index < -0.39 is 57.4 Å². The minimum absolute atomic E-state index is 0.0354. The van der Waals surface area contributed by atoms with Crippen LogP contribution >= 0.6 is 0 Å². The van der Waals surface area contributed by atoms with Gasteiger partial charge in [-0.05, 0) is 55.8 Å². The molecule has 3 atom stereocenters. The van der Waals surface area contributed by atoms with Crippen LogP contribution in [0.15, 0.2) is 77.7 Å². The summed E-state index contributed by atoms with van der Waals surface area (Å²) >= 11 is 0. The third-order valence-corrected chi connectivity index (χ3v) is 11.4. The van der Waals surface area contributed by atoms with Gasteiger partial charge in [0.25, 0.3) is 5.91 Å². The Bertz CT molecular complexity index is 1940. The summed E-state index contributed by atoms with van der Waals surface area (Å²) in [6.07, 6.45) is 0.723. The predicted molar refractivity (Wildman–Crippen MR) is 196 cm³/mol. The van der Waals surface area contributed by atoms with Gasteiger partial charge in [-0.2, -0.15) is 4.31 Å². The second kappa shape index (κ2) is 16.8. The molecule has 0 aliphatic carbocycles. The van der Waals surface area contributed by atoms with Gasteiger partial charge in [-0.25, -0.2) is 8.42 Å². The van der Waals surface area contributed by atoms with Gasteiger partial charge in [0.2, 0.25) is 27.7 Å². The summed E-state index contributed by atoms with van der Waals surface area (Å²) in [5, 5.41) is 10.9. The number of fused-ring (bicyclic) bond motifs is 16. The van der Waals surface area contributed by atoms with Gasteiger partial charge in [-0.1, -0.05) is 30.3 Å². The zero-order chi connectivity index (χ0) is 38.3. The van der Waals surface area contributed by atoms with Crippen LogP contribution in [0.4, 0.5) is 0 Å². The lowest BCUT2D eigenvalue weighted by Gasteiger charge is -2.40. The van der Waals surface area contributed by atoms with Crippen molar-refractivity contribution in [1.29, 1.82) is 0 Å². The van der Waals surface area contributed by atoms with Crippen LogP contribution < -0.4 is 40.2 Å². The molecule has 1 fully saturated rings. The van der Waals surface area contributed by atoms with Gasteiger partial charge in [-0.15, -0.1) is 0 Å². The zero-order valence-corrected chi connectivity index (χ0v) is 31.0. The van der Waals surface area contributed by atoms with Crippen LogP contribution in [0.3, 0.4) is 0 Å². The number of rotatable bonds is 4. The van der Waals surface area contributed by atoms with E-state index in [0.717, 1.165) is 5.56 Å². The van der Waals surface area contributed by atoms with Crippen LogP contribution in [-0.4, -0.2) is 99.5 Å². The lowest BCUT2D eigenvalue weighted by molar-refractivity contribution is -0.143. The third kappa shape index (κ3) is 9.05. The van der Waals surface area contributed by atoms with E-state index in [-0.39, 0.29) is 50.4 Å². The van der Waals surface area contributed by atoms with E-state index in [1.165, 1.54) is 30.3 Å². The van der Waals surface area contributed by atoms with E-state index in [1.54, 1.807) is 30.3 Å². The maximum atomic E-state index is 14.2. The summed E-state index contributed by atoms with van der Waals surface area (Å²) in [6, 6.07) is 17.0. The van der Waals surface area contributed by atoms with E-state index in [0.29, 0.717) is 42.6 Å². The Kier molecular flexibility index (Phi) is 11.9. The van der Waals surface area contributed by atoms with Crippen molar-refractivity contribution in [2.75, 3.05) is 39.5 Å². The van der Waals surface area contributed by atoms with E-state index in [1.807, 2.05) is 30.3 Å². The van der Waals surface area contributed by atoms with Crippen LogP contribution in [0.2, 0.25) is 0 Å². The lowest BCUT2D eigenvalue weighted by Crippen LogP contribution is -2.61. The predicted octanol–water partition coefficient (Wildman–Crippen LogP) is 1.70. The Balaban J connectivity index is 1.24. The second-order valence-corrected chi connectivity index (χ2v) is 15.4. The van der Waals surface area contributed by atoms with E-state index >= 15 is 0 Å². The molecule has 16 heteroatoms. The SMILES string of the molecule is C[C@@H]1NC(=O)[C@H](Cc2ccccc2)NC(=O)[C@H](C)NC(=O)C2(CCN(S(=O)(=O)c3ccc4c(c3)OCCCO4)CC2)Oc2ccc(cc2)OCCNC1=O. The monoisotopic (exact) mass is 763 g/mol. The quantitative estimate of drug-likeness (QED) is 0.285. The largest absolute Gasteiger partial charge is 0.492 e. The van der Waals surface area contributed by atoms with Gasteiger partial charge in [0.05, 0.1) is 24.7 Å². The number of nitrogens with one attached hydrogen (secondary N) is 4. The van der Waals surface area contributed by atoms with Gasteiger partial charge >= 0.3 is 0 Å². The topological polar surface area (TPSA) is 191 Å². The Labute approximate surface area is 314 Å². The average Bonchev–Trinajstić information content (AvgIpc) is 3.42. The summed E-state index contributed by atoms with van der Waals surface area (Å²) in [6.45, 7) is 4.06. The highest BCUT2D eigenvalue weighted by Crippen LogP contribution is 2.36. The zero-order valence-electron chi connectivity index (χ0n) is 30.2. The summed E-state index contributed by atoms with van der Waals surface area (Å²) in [4.78, 5) is 54.1. The van der Waals surface area contributed by atoms with Crippen molar-refractivity contribution in [1.82, 2.24) is 25.6 Å². The number of ether oxygens (including phenoxy) is 4. The highest BCUT2D eigenvalue weighted by molar-refractivity contribution is 7.89. The van der Waals surface area contributed by atoms with Crippen molar-refractivity contribution in [3.8, 4) is 23.0 Å². The molecule has 4 N–H and O–H groups in total. The fourth-order valence-electron chi connectivity index (χ4n) is 6.37. The highest BCUT2D eigenvalue weighted by atomic mass is 32.2. The van der Waals surface area contributed by atoms with E-state index in [4.69, 9.17) is 18.9 Å². The molecule has 15 nitrogen and oxygen atoms in total. The maximum Gasteiger partial charge on any atom is 0.264 e. The van der Waals surface area contributed by atoms with Crippen molar-refractivity contribution < 1.29 is 46.5 Å². The number of carbonyl (C=O) groups is 4. The Hall–Kier alpha value is -5.35. The number of amides is 4. The third-order valence-electron chi connectivity index (χ3n) is 9.52. The van der Waals surface area contributed by atoms with Crippen LogP contribution in [-0.2, 0) is 35.6 Å². The van der Waals surface area contributed by atoms with Crippen molar-refractivity contribution in [2.45, 2.75) is 68.2 Å². The summed E-state index contributed by atoms with van der Waals surface area (Å²) < 4.78 is 52.5. The first-order valence-corrected chi connectivity index (χ1v) is 19.4. The number of nitrogens with zero attached hydrogens (tertiary/aromatic N) is 1. The van der Waals surface area contributed by atoms with Gasteiger partial charge in [0.15, 0.2) is 17.1 Å². The molecule has 0 unspecified atom stereocenters. The number of benzene rings is 3. The van der Waals surface area contributed by atoms with E-state index in [2.05, 4.69) is 21.3 Å². The Morgan fingerprint density at radius 2 is 1.39 bits per heavy atom. The Morgan fingerprint density at radius 3 is 2.11 bits per heavy atom. The van der Waals surface area contributed by atoms with Crippen LogP contribution in [0.1, 0.15) is 38.7 Å². The van der Waals surface area contributed by atoms with Crippen molar-refractivity contribution in [3.05, 3.63) is 78.4 Å². The molecule has 1 spiro atoms. The maximum absolute atomic E-state index is 14.2. The van der Waals surface area contributed by atoms with Crippen LogP contribution in [0, 0.1) is 0 Å². The molecule has 3 aromatic rings. The molecule has 2 bridgehead atoms. The molecule has 0 saturated carbocycles.